The molecule has 0 saturated heterocycles. The summed E-state index contributed by atoms with van der Waals surface area (Å²) in [5.41, 5.74) is 0.389. The van der Waals surface area contributed by atoms with Crippen LogP contribution in [0.4, 0.5) is 0 Å². The summed E-state index contributed by atoms with van der Waals surface area (Å²) in [4.78, 5) is 12.3. The van der Waals surface area contributed by atoms with E-state index in [0.29, 0.717) is 5.57 Å². The lowest BCUT2D eigenvalue weighted by molar-refractivity contribution is -0.301. The molecule has 0 aromatic heterocycles. The van der Waals surface area contributed by atoms with E-state index in [-0.39, 0.29) is 33.9 Å². The first-order valence-electron chi connectivity index (χ1n) is 8.61. The van der Waals surface area contributed by atoms with Crippen LogP contribution in [-0.2, 0) is 14.3 Å². The maximum absolute atomic E-state index is 12.3. The SMILES string of the molecule is C=C(C)C(=O)OC12CC3(C)CC(C)(CC(OCC)(C3)C1C)C2. The Labute approximate surface area is 134 Å². The van der Waals surface area contributed by atoms with Gasteiger partial charge >= 0.3 is 5.97 Å². The van der Waals surface area contributed by atoms with Gasteiger partial charge in [0.2, 0.25) is 0 Å². The molecule has 0 aromatic carbocycles. The second kappa shape index (κ2) is 4.59. The van der Waals surface area contributed by atoms with Crippen molar-refractivity contribution < 1.29 is 14.3 Å². The van der Waals surface area contributed by atoms with Crippen molar-refractivity contribution in [3.8, 4) is 0 Å². The van der Waals surface area contributed by atoms with Crippen molar-refractivity contribution in [1.29, 1.82) is 0 Å². The predicted molar refractivity (Wildman–Crippen MR) is 86.5 cm³/mol. The maximum atomic E-state index is 12.3. The third-order valence-corrected chi connectivity index (χ3v) is 6.41. The largest absolute Gasteiger partial charge is 0.455 e. The van der Waals surface area contributed by atoms with Crippen LogP contribution in [0, 0.1) is 16.7 Å². The lowest BCUT2D eigenvalue weighted by atomic mass is 9.39. The van der Waals surface area contributed by atoms with Gasteiger partial charge in [0, 0.05) is 18.1 Å². The normalized spacial score (nSPS) is 49.2. The van der Waals surface area contributed by atoms with E-state index in [1.165, 1.54) is 6.42 Å². The summed E-state index contributed by atoms with van der Waals surface area (Å²) in [5.74, 6) is -0.00246. The number of hydrogen-bond donors (Lipinski definition) is 0. The third kappa shape index (κ3) is 2.16. The lowest BCUT2D eigenvalue weighted by Gasteiger charge is -2.71. The predicted octanol–water partition coefficient (Wildman–Crippen LogP) is 4.26. The highest BCUT2D eigenvalue weighted by Crippen LogP contribution is 2.71. The van der Waals surface area contributed by atoms with Crippen molar-refractivity contribution in [3.63, 3.8) is 0 Å². The Hall–Kier alpha value is -0.830. The number of esters is 1. The molecule has 0 aliphatic heterocycles. The zero-order valence-electron chi connectivity index (χ0n) is 14.8. The molecule has 0 radical (unpaired) electrons. The minimum atomic E-state index is -0.385. The molecule has 0 N–H and O–H groups in total. The lowest BCUT2D eigenvalue weighted by Crippen LogP contribution is -2.72. The van der Waals surface area contributed by atoms with E-state index in [1.54, 1.807) is 6.92 Å². The molecular weight excluding hydrogens is 276 g/mol. The molecule has 0 spiro atoms. The monoisotopic (exact) mass is 306 g/mol. The second-order valence-corrected chi connectivity index (χ2v) is 8.96. The smallest absolute Gasteiger partial charge is 0.333 e. The van der Waals surface area contributed by atoms with E-state index < -0.39 is 0 Å². The molecule has 22 heavy (non-hydrogen) atoms. The van der Waals surface area contributed by atoms with Gasteiger partial charge in [0.05, 0.1) is 5.60 Å². The fraction of sp³-hybridized carbons (Fsp3) is 0.842. The molecule has 3 nitrogen and oxygen atoms in total. The average molecular weight is 306 g/mol. The summed E-state index contributed by atoms with van der Waals surface area (Å²) in [6.45, 7) is 15.2. The van der Waals surface area contributed by atoms with Crippen LogP contribution in [0.15, 0.2) is 12.2 Å². The molecule has 0 amide bonds. The standard InChI is InChI=1S/C19H30O3/c1-7-21-18-9-16(5)8-17(6,10-18)12-19(11-16,14(18)4)22-15(20)13(2)3/h14H,2,7-12H2,1,3-6H3. The summed E-state index contributed by atoms with van der Waals surface area (Å²) >= 11 is 0. The molecule has 4 fully saturated rings. The van der Waals surface area contributed by atoms with E-state index >= 15 is 0 Å². The topological polar surface area (TPSA) is 35.5 Å². The van der Waals surface area contributed by atoms with E-state index in [4.69, 9.17) is 9.47 Å². The van der Waals surface area contributed by atoms with Gasteiger partial charge in [-0.25, -0.2) is 4.79 Å². The number of carbonyl (C=O) groups is 1. The Morgan fingerprint density at radius 3 is 2.05 bits per heavy atom. The van der Waals surface area contributed by atoms with Gasteiger partial charge in [-0.1, -0.05) is 27.4 Å². The highest BCUT2D eigenvalue weighted by Gasteiger charge is 2.71. The quantitative estimate of drug-likeness (QED) is 0.575. The summed E-state index contributed by atoms with van der Waals surface area (Å²) in [7, 11) is 0. The average Bonchev–Trinajstić information content (AvgIpc) is 2.32. The van der Waals surface area contributed by atoms with Gasteiger partial charge in [-0.05, 0) is 56.8 Å². The van der Waals surface area contributed by atoms with Crippen molar-refractivity contribution in [2.75, 3.05) is 6.61 Å². The zero-order chi connectivity index (χ0) is 16.4. The van der Waals surface area contributed by atoms with Crippen LogP contribution in [-0.4, -0.2) is 23.8 Å². The molecule has 3 atom stereocenters. The third-order valence-electron chi connectivity index (χ3n) is 6.41. The van der Waals surface area contributed by atoms with Crippen molar-refractivity contribution in [3.05, 3.63) is 12.2 Å². The fourth-order valence-corrected chi connectivity index (χ4v) is 6.46. The Morgan fingerprint density at radius 1 is 1.09 bits per heavy atom. The van der Waals surface area contributed by atoms with E-state index in [0.717, 1.165) is 32.3 Å². The second-order valence-electron chi connectivity index (χ2n) is 8.96. The van der Waals surface area contributed by atoms with Crippen LogP contribution in [0.25, 0.3) is 0 Å². The van der Waals surface area contributed by atoms with Crippen molar-refractivity contribution in [2.45, 2.75) is 77.9 Å². The van der Waals surface area contributed by atoms with Crippen LogP contribution in [0.2, 0.25) is 0 Å². The van der Waals surface area contributed by atoms with E-state index in [2.05, 4.69) is 34.3 Å². The molecule has 4 aliphatic carbocycles. The molecule has 4 saturated carbocycles. The zero-order valence-corrected chi connectivity index (χ0v) is 14.8. The van der Waals surface area contributed by atoms with Gasteiger partial charge in [-0.15, -0.1) is 0 Å². The summed E-state index contributed by atoms with van der Waals surface area (Å²) < 4.78 is 12.4. The van der Waals surface area contributed by atoms with Crippen LogP contribution >= 0.6 is 0 Å². The Morgan fingerprint density at radius 2 is 1.59 bits per heavy atom. The first-order chi connectivity index (χ1) is 10.1. The first-order valence-corrected chi connectivity index (χ1v) is 8.61. The highest BCUT2D eigenvalue weighted by molar-refractivity contribution is 5.87. The summed E-state index contributed by atoms with van der Waals surface area (Å²) in [6.07, 6.45) is 5.33. The highest BCUT2D eigenvalue weighted by atomic mass is 16.6. The molecule has 4 aliphatic rings. The maximum Gasteiger partial charge on any atom is 0.333 e. The summed E-state index contributed by atoms with van der Waals surface area (Å²) in [6, 6.07) is 0. The van der Waals surface area contributed by atoms with Gasteiger partial charge in [0.15, 0.2) is 0 Å². The number of rotatable bonds is 4. The van der Waals surface area contributed by atoms with Crippen LogP contribution in [0.3, 0.4) is 0 Å². The molecule has 124 valence electrons. The van der Waals surface area contributed by atoms with E-state index in [9.17, 15) is 4.79 Å². The van der Waals surface area contributed by atoms with Crippen molar-refractivity contribution >= 4 is 5.97 Å². The van der Waals surface area contributed by atoms with Gasteiger partial charge in [-0.3, -0.25) is 0 Å². The van der Waals surface area contributed by atoms with Gasteiger partial charge in [-0.2, -0.15) is 0 Å². The Kier molecular flexibility index (Phi) is 3.35. The van der Waals surface area contributed by atoms with Gasteiger partial charge < -0.3 is 9.47 Å². The minimum Gasteiger partial charge on any atom is -0.455 e. The molecule has 4 bridgehead atoms. The molecule has 3 unspecified atom stereocenters. The number of carbonyl (C=O) groups excluding carboxylic acids is 1. The van der Waals surface area contributed by atoms with E-state index in [1.807, 2.05) is 0 Å². The van der Waals surface area contributed by atoms with Crippen LogP contribution in [0.5, 0.6) is 0 Å². The molecule has 0 aromatic rings. The first kappa shape index (κ1) is 16.0. The molecular formula is C19H30O3. The van der Waals surface area contributed by atoms with Crippen LogP contribution < -0.4 is 0 Å². The van der Waals surface area contributed by atoms with Gasteiger partial charge in [0.25, 0.3) is 0 Å². The Bertz CT molecular complexity index is 503. The molecule has 3 heteroatoms. The Balaban J connectivity index is 2.03. The van der Waals surface area contributed by atoms with Crippen molar-refractivity contribution in [1.82, 2.24) is 0 Å². The van der Waals surface area contributed by atoms with Crippen molar-refractivity contribution in [2.24, 2.45) is 16.7 Å². The number of hydrogen-bond acceptors (Lipinski definition) is 3. The van der Waals surface area contributed by atoms with Crippen LogP contribution in [0.1, 0.15) is 66.7 Å². The minimum absolute atomic E-state index is 0.137. The van der Waals surface area contributed by atoms with Gasteiger partial charge in [0.1, 0.15) is 5.60 Å². The summed E-state index contributed by atoms with van der Waals surface area (Å²) in [5, 5.41) is 0. The molecule has 4 rings (SSSR count). The fourth-order valence-electron chi connectivity index (χ4n) is 6.46. The molecule has 0 heterocycles. The number of ether oxygens (including phenoxy) is 2.